The summed E-state index contributed by atoms with van der Waals surface area (Å²) in [5.41, 5.74) is 1.34. The molecule has 1 N–H and O–H groups in total. The second-order valence-corrected chi connectivity index (χ2v) is 5.30. The summed E-state index contributed by atoms with van der Waals surface area (Å²) in [4.78, 5) is 4.33. The van der Waals surface area contributed by atoms with Gasteiger partial charge in [-0.25, -0.2) is 4.98 Å². The second-order valence-electron chi connectivity index (χ2n) is 5.30. The van der Waals surface area contributed by atoms with Crippen molar-refractivity contribution in [1.29, 1.82) is 0 Å². The van der Waals surface area contributed by atoms with Crippen LogP contribution in [0.25, 0.3) is 0 Å². The molecule has 0 bridgehead atoms. The van der Waals surface area contributed by atoms with E-state index in [1.807, 2.05) is 12.5 Å². The molecule has 0 spiro atoms. The van der Waals surface area contributed by atoms with Crippen molar-refractivity contribution >= 4 is 0 Å². The Morgan fingerprint density at radius 1 is 1.41 bits per heavy atom. The van der Waals surface area contributed by atoms with Gasteiger partial charge in [0, 0.05) is 18.8 Å². The van der Waals surface area contributed by atoms with Gasteiger partial charge < -0.3 is 9.88 Å². The van der Waals surface area contributed by atoms with Crippen molar-refractivity contribution in [2.24, 2.45) is 5.92 Å². The Kier molecular flexibility index (Phi) is 4.60. The van der Waals surface area contributed by atoms with Crippen LogP contribution < -0.4 is 5.32 Å². The Labute approximate surface area is 105 Å². The lowest BCUT2D eigenvalue weighted by molar-refractivity contribution is 0.252. The van der Waals surface area contributed by atoms with Crippen LogP contribution in [0.1, 0.15) is 57.7 Å². The summed E-state index contributed by atoms with van der Waals surface area (Å²) in [6.07, 6.45) is 10.7. The maximum atomic E-state index is 4.33. The molecule has 1 aromatic heterocycles. The largest absolute Gasteiger partial charge is 0.330 e. The number of hydrogen-bond donors (Lipinski definition) is 1. The van der Waals surface area contributed by atoms with E-state index in [0.29, 0.717) is 6.04 Å². The fourth-order valence-electron chi connectivity index (χ4n) is 2.87. The highest BCUT2D eigenvalue weighted by molar-refractivity contribution is 5.01. The zero-order chi connectivity index (χ0) is 12.1. The van der Waals surface area contributed by atoms with Gasteiger partial charge >= 0.3 is 0 Å². The quantitative estimate of drug-likeness (QED) is 0.795. The highest BCUT2D eigenvalue weighted by Crippen LogP contribution is 2.34. The zero-order valence-electron chi connectivity index (χ0n) is 11.2. The standard InChI is InChI=1S/C14H25N3/c1-3-8-15-9-13-10-16-11-17(13)14-7-5-4-6-12(14)2/h10-12,14-15H,3-9H2,1-2H3. The van der Waals surface area contributed by atoms with Crippen LogP contribution in [0.3, 0.4) is 0 Å². The predicted molar refractivity (Wildman–Crippen MR) is 70.9 cm³/mol. The van der Waals surface area contributed by atoms with Gasteiger partial charge in [-0.15, -0.1) is 0 Å². The van der Waals surface area contributed by atoms with E-state index in [-0.39, 0.29) is 0 Å². The summed E-state index contributed by atoms with van der Waals surface area (Å²) in [5.74, 6) is 0.794. The van der Waals surface area contributed by atoms with E-state index < -0.39 is 0 Å². The molecule has 0 aliphatic heterocycles. The fourth-order valence-corrected chi connectivity index (χ4v) is 2.87. The van der Waals surface area contributed by atoms with Crippen LogP contribution in [0.4, 0.5) is 0 Å². The summed E-state index contributed by atoms with van der Waals surface area (Å²) >= 11 is 0. The van der Waals surface area contributed by atoms with Crippen LogP contribution in [0, 0.1) is 5.92 Å². The molecule has 1 aliphatic rings. The van der Waals surface area contributed by atoms with E-state index in [1.54, 1.807) is 0 Å². The van der Waals surface area contributed by atoms with E-state index in [4.69, 9.17) is 0 Å². The molecule has 3 nitrogen and oxygen atoms in total. The molecular weight excluding hydrogens is 210 g/mol. The van der Waals surface area contributed by atoms with Crippen LogP contribution in [-0.2, 0) is 6.54 Å². The number of imidazole rings is 1. The van der Waals surface area contributed by atoms with Gasteiger partial charge in [0.25, 0.3) is 0 Å². The van der Waals surface area contributed by atoms with Crippen molar-refractivity contribution in [3.8, 4) is 0 Å². The zero-order valence-corrected chi connectivity index (χ0v) is 11.2. The minimum atomic E-state index is 0.671. The molecule has 0 radical (unpaired) electrons. The molecule has 0 aromatic carbocycles. The molecule has 17 heavy (non-hydrogen) atoms. The van der Waals surface area contributed by atoms with Crippen molar-refractivity contribution in [2.45, 2.75) is 58.5 Å². The number of aromatic nitrogens is 2. The molecule has 2 unspecified atom stereocenters. The van der Waals surface area contributed by atoms with Crippen molar-refractivity contribution < 1.29 is 0 Å². The lowest BCUT2D eigenvalue weighted by atomic mass is 9.85. The minimum Gasteiger partial charge on any atom is -0.330 e. The molecule has 1 fully saturated rings. The lowest BCUT2D eigenvalue weighted by Crippen LogP contribution is -2.24. The van der Waals surface area contributed by atoms with E-state index in [1.165, 1.54) is 37.8 Å². The van der Waals surface area contributed by atoms with Crippen LogP contribution in [0.5, 0.6) is 0 Å². The van der Waals surface area contributed by atoms with Crippen LogP contribution in [0.2, 0.25) is 0 Å². The molecule has 96 valence electrons. The number of rotatable bonds is 5. The minimum absolute atomic E-state index is 0.671. The third-order valence-corrected chi connectivity index (χ3v) is 3.90. The summed E-state index contributed by atoms with van der Waals surface area (Å²) in [7, 11) is 0. The van der Waals surface area contributed by atoms with Gasteiger partial charge in [0.2, 0.25) is 0 Å². The molecule has 1 saturated carbocycles. The monoisotopic (exact) mass is 235 g/mol. The van der Waals surface area contributed by atoms with Gasteiger partial charge in [-0.2, -0.15) is 0 Å². The Morgan fingerprint density at radius 3 is 3.00 bits per heavy atom. The van der Waals surface area contributed by atoms with Gasteiger partial charge in [-0.05, 0) is 31.7 Å². The highest BCUT2D eigenvalue weighted by atomic mass is 15.1. The Bertz CT molecular complexity index is 332. The molecule has 1 heterocycles. The van der Waals surface area contributed by atoms with Crippen molar-refractivity contribution in [3.63, 3.8) is 0 Å². The van der Waals surface area contributed by atoms with E-state index >= 15 is 0 Å². The smallest absolute Gasteiger partial charge is 0.0951 e. The molecule has 0 amide bonds. The Morgan fingerprint density at radius 2 is 2.24 bits per heavy atom. The SMILES string of the molecule is CCCNCc1cncn1C1CCCCC1C. The number of nitrogens with zero attached hydrogens (tertiary/aromatic N) is 2. The van der Waals surface area contributed by atoms with E-state index in [0.717, 1.165) is 19.0 Å². The molecule has 0 saturated heterocycles. The predicted octanol–water partition coefficient (Wildman–Crippen LogP) is 3.13. The Balaban J connectivity index is 2.01. The summed E-state index contributed by atoms with van der Waals surface area (Å²) in [5, 5.41) is 3.47. The molecule has 1 aromatic rings. The van der Waals surface area contributed by atoms with Gasteiger partial charge in [0.15, 0.2) is 0 Å². The molecule has 3 heteroatoms. The summed E-state index contributed by atoms with van der Waals surface area (Å²) < 4.78 is 2.41. The van der Waals surface area contributed by atoms with Crippen LogP contribution in [-0.4, -0.2) is 16.1 Å². The third-order valence-electron chi connectivity index (χ3n) is 3.90. The number of hydrogen-bond acceptors (Lipinski definition) is 2. The maximum absolute atomic E-state index is 4.33. The van der Waals surface area contributed by atoms with Crippen molar-refractivity contribution in [2.75, 3.05) is 6.54 Å². The van der Waals surface area contributed by atoms with Gasteiger partial charge in [-0.3, -0.25) is 0 Å². The maximum Gasteiger partial charge on any atom is 0.0951 e. The van der Waals surface area contributed by atoms with Crippen molar-refractivity contribution in [1.82, 2.24) is 14.9 Å². The van der Waals surface area contributed by atoms with E-state index in [9.17, 15) is 0 Å². The van der Waals surface area contributed by atoms with Crippen LogP contribution >= 0.6 is 0 Å². The first-order valence-corrected chi connectivity index (χ1v) is 7.04. The summed E-state index contributed by atoms with van der Waals surface area (Å²) in [6, 6.07) is 0.671. The molecule has 1 aliphatic carbocycles. The Hall–Kier alpha value is -0.830. The van der Waals surface area contributed by atoms with Crippen LogP contribution in [0.15, 0.2) is 12.5 Å². The normalized spacial score (nSPS) is 25.1. The summed E-state index contributed by atoms with van der Waals surface area (Å²) in [6.45, 7) is 6.63. The highest BCUT2D eigenvalue weighted by Gasteiger charge is 2.23. The first-order valence-electron chi connectivity index (χ1n) is 7.04. The first-order chi connectivity index (χ1) is 8.33. The van der Waals surface area contributed by atoms with Gasteiger partial charge in [-0.1, -0.05) is 26.7 Å². The average Bonchev–Trinajstić information content (AvgIpc) is 2.78. The van der Waals surface area contributed by atoms with Crippen molar-refractivity contribution in [3.05, 3.63) is 18.2 Å². The second kappa shape index (κ2) is 6.20. The van der Waals surface area contributed by atoms with Gasteiger partial charge in [0.05, 0.1) is 12.0 Å². The fraction of sp³-hybridized carbons (Fsp3) is 0.786. The molecule has 2 rings (SSSR count). The molecular formula is C14H25N3. The topological polar surface area (TPSA) is 29.9 Å². The first kappa shape index (κ1) is 12.6. The third kappa shape index (κ3) is 3.09. The van der Waals surface area contributed by atoms with E-state index in [2.05, 4.69) is 28.7 Å². The molecule has 2 atom stereocenters. The average molecular weight is 235 g/mol. The lowest BCUT2D eigenvalue weighted by Gasteiger charge is -2.31. The van der Waals surface area contributed by atoms with Gasteiger partial charge in [0.1, 0.15) is 0 Å². The number of nitrogens with one attached hydrogen (secondary N) is 1.